The maximum Gasteiger partial charge on any atom is 0.259 e. The summed E-state index contributed by atoms with van der Waals surface area (Å²) in [6.45, 7) is 4.42. The van der Waals surface area contributed by atoms with Crippen LogP contribution < -0.4 is 15.4 Å². The van der Waals surface area contributed by atoms with Crippen LogP contribution in [0.5, 0.6) is 5.75 Å². The van der Waals surface area contributed by atoms with Gasteiger partial charge in [0.05, 0.1) is 18.4 Å². The number of nitrogens with one attached hydrogen (secondary N) is 2. The first-order valence-electron chi connectivity index (χ1n) is 9.20. The highest BCUT2D eigenvalue weighted by molar-refractivity contribution is 6.04. The molecule has 144 valence electrons. The molecule has 0 fully saturated rings. The molecule has 0 radical (unpaired) electrons. The van der Waals surface area contributed by atoms with E-state index in [0.717, 1.165) is 23.4 Å². The summed E-state index contributed by atoms with van der Waals surface area (Å²) in [5, 5.41) is 6.06. The summed E-state index contributed by atoms with van der Waals surface area (Å²) >= 11 is 0. The van der Waals surface area contributed by atoms with Gasteiger partial charge in [-0.05, 0) is 37.1 Å². The highest BCUT2D eigenvalue weighted by Crippen LogP contribution is 2.18. The molecule has 28 heavy (non-hydrogen) atoms. The van der Waals surface area contributed by atoms with Crippen molar-refractivity contribution in [3.8, 4) is 5.75 Å². The van der Waals surface area contributed by atoms with Crippen LogP contribution in [0.15, 0.2) is 54.7 Å². The Morgan fingerprint density at radius 1 is 1.11 bits per heavy atom. The van der Waals surface area contributed by atoms with E-state index >= 15 is 0 Å². The molecule has 0 spiro atoms. The number of methoxy groups -OCH3 is 1. The van der Waals surface area contributed by atoms with Crippen molar-refractivity contribution in [3.05, 3.63) is 77.1 Å². The SMILES string of the molecule is CCc1ccc(NC(=O)c2cnc(NCc3ccccc3OC)nc2C)cc1. The van der Waals surface area contributed by atoms with Crippen molar-refractivity contribution in [2.45, 2.75) is 26.8 Å². The smallest absolute Gasteiger partial charge is 0.259 e. The number of aromatic nitrogens is 2. The van der Waals surface area contributed by atoms with E-state index in [4.69, 9.17) is 4.74 Å². The summed E-state index contributed by atoms with van der Waals surface area (Å²) in [5.74, 6) is 1.04. The second kappa shape index (κ2) is 8.99. The average molecular weight is 376 g/mol. The lowest BCUT2D eigenvalue weighted by Crippen LogP contribution is -2.16. The lowest BCUT2D eigenvalue weighted by atomic mass is 10.1. The number of aryl methyl sites for hydroxylation is 2. The molecule has 0 saturated carbocycles. The van der Waals surface area contributed by atoms with Crippen LogP contribution >= 0.6 is 0 Å². The molecule has 3 rings (SSSR count). The van der Waals surface area contributed by atoms with Crippen molar-refractivity contribution < 1.29 is 9.53 Å². The van der Waals surface area contributed by atoms with E-state index < -0.39 is 0 Å². The van der Waals surface area contributed by atoms with E-state index in [-0.39, 0.29) is 5.91 Å². The highest BCUT2D eigenvalue weighted by atomic mass is 16.5. The van der Waals surface area contributed by atoms with Crippen LogP contribution in [0.3, 0.4) is 0 Å². The van der Waals surface area contributed by atoms with Crippen molar-refractivity contribution in [3.63, 3.8) is 0 Å². The Morgan fingerprint density at radius 3 is 2.54 bits per heavy atom. The van der Waals surface area contributed by atoms with Gasteiger partial charge in [-0.25, -0.2) is 9.97 Å². The standard InChI is InChI=1S/C22H24N4O2/c1-4-16-9-11-18(12-10-16)26-21(27)19-14-24-22(25-15(19)2)23-13-17-7-5-6-8-20(17)28-3/h5-12,14H,4,13H2,1-3H3,(H,26,27)(H,23,24,25). The van der Waals surface area contributed by atoms with Crippen molar-refractivity contribution >= 4 is 17.5 Å². The van der Waals surface area contributed by atoms with Gasteiger partial charge in [-0.2, -0.15) is 0 Å². The van der Waals surface area contributed by atoms with Crippen LogP contribution in [0.2, 0.25) is 0 Å². The first-order valence-corrected chi connectivity index (χ1v) is 9.20. The number of anilines is 2. The van der Waals surface area contributed by atoms with Crippen molar-refractivity contribution in [1.82, 2.24) is 9.97 Å². The van der Waals surface area contributed by atoms with E-state index in [2.05, 4.69) is 27.5 Å². The second-order valence-corrected chi connectivity index (χ2v) is 6.36. The molecule has 2 N–H and O–H groups in total. The third-order valence-corrected chi connectivity index (χ3v) is 4.47. The molecule has 6 heteroatoms. The number of nitrogens with zero attached hydrogens (tertiary/aromatic N) is 2. The summed E-state index contributed by atoms with van der Waals surface area (Å²) in [7, 11) is 1.64. The first-order chi connectivity index (χ1) is 13.6. The maximum atomic E-state index is 12.5. The fourth-order valence-electron chi connectivity index (χ4n) is 2.82. The number of hydrogen-bond donors (Lipinski definition) is 2. The Kier molecular flexibility index (Phi) is 6.22. The van der Waals surface area contributed by atoms with E-state index in [1.165, 1.54) is 5.56 Å². The first kappa shape index (κ1) is 19.4. The molecule has 0 saturated heterocycles. The van der Waals surface area contributed by atoms with Gasteiger partial charge in [-0.15, -0.1) is 0 Å². The van der Waals surface area contributed by atoms with Gasteiger partial charge in [-0.1, -0.05) is 37.3 Å². The Balaban J connectivity index is 1.66. The molecular formula is C22H24N4O2. The number of amides is 1. The lowest BCUT2D eigenvalue weighted by Gasteiger charge is -2.11. The molecule has 6 nitrogen and oxygen atoms in total. The molecule has 1 aromatic heterocycles. The fraction of sp³-hybridized carbons (Fsp3) is 0.227. The van der Waals surface area contributed by atoms with Gasteiger partial charge in [0.2, 0.25) is 5.95 Å². The van der Waals surface area contributed by atoms with Crippen LogP contribution in [0, 0.1) is 6.92 Å². The number of ether oxygens (including phenoxy) is 1. The normalized spacial score (nSPS) is 10.4. The molecule has 0 aliphatic carbocycles. The van der Waals surface area contributed by atoms with Gasteiger partial charge in [0.25, 0.3) is 5.91 Å². The van der Waals surface area contributed by atoms with Gasteiger partial charge in [0, 0.05) is 24.0 Å². The summed E-state index contributed by atoms with van der Waals surface area (Å²) < 4.78 is 5.35. The second-order valence-electron chi connectivity index (χ2n) is 6.36. The Hall–Kier alpha value is -3.41. The fourth-order valence-corrected chi connectivity index (χ4v) is 2.82. The number of hydrogen-bond acceptors (Lipinski definition) is 5. The third kappa shape index (κ3) is 4.65. The molecule has 2 aromatic carbocycles. The van der Waals surface area contributed by atoms with Gasteiger partial charge in [0.15, 0.2) is 0 Å². The number of para-hydroxylation sites is 1. The minimum Gasteiger partial charge on any atom is -0.496 e. The van der Waals surface area contributed by atoms with Gasteiger partial charge < -0.3 is 15.4 Å². The minimum absolute atomic E-state index is 0.224. The number of benzene rings is 2. The summed E-state index contributed by atoms with van der Waals surface area (Å²) in [5.41, 5.74) is 4.04. The largest absolute Gasteiger partial charge is 0.496 e. The molecule has 3 aromatic rings. The zero-order valence-corrected chi connectivity index (χ0v) is 16.3. The predicted molar refractivity (Wildman–Crippen MR) is 111 cm³/mol. The zero-order chi connectivity index (χ0) is 19.9. The van der Waals surface area contributed by atoms with Crippen LogP contribution in [-0.2, 0) is 13.0 Å². The maximum absolute atomic E-state index is 12.5. The Labute approximate surface area is 165 Å². The van der Waals surface area contributed by atoms with E-state index in [0.29, 0.717) is 23.8 Å². The van der Waals surface area contributed by atoms with E-state index in [1.54, 1.807) is 20.2 Å². The monoisotopic (exact) mass is 376 g/mol. The van der Waals surface area contributed by atoms with Crippen LogP contribution in [0.25, 0.3) is 0 Å². The van der Waals surface area contributed by atoms with Crippen molar-refractivity contribution in [2.75, 3.05) is 17.7 Å². The molecule has 0 unspecified atom stereocenters. The number of carbonyl (C=O) groups is 1. The molecule has 1 amide bonds. The minimum atomic E-state index is -0.224. The summed E-state index contributed by atoms with van der Waals surface area (Å²) in [6.07, 6.45) is 2.51. The molecule has 0 bridgehead atoms. The number of rotatable bonds is 7. The highest BCUT2D eigenvalue weighted by Gasteiger charge is 2.12. The van der Waals surface area contributed by atoms with Gasteiger partial charge in [-0.3, -0.25) is 4.79 Å². The van der Waals surface area contributed by atoms with Gasteiger partial charge in [0.1, 0.15) is 5.75 Å². The number of carbonyl (C=O) groups excluding carboxylic acids is 1. The summed E-state index contributed by atoms with van der Waals surface area (Å²) in [4.78, 5) is 21.2. The zero-order valence-electron chi connectivity index (χ0n) is 16.3. The lowest BCUT2D eigenvalue weighted by molar-refractivity contribution is 0.102. The topological polar surface area (TPSA) is 76.1 Å². The Bertz CT molecular complexity index is 955. The Morgan fingerprint density at radius 2 is 1.86 bits per heavy atom. The van der Waals surface area contributed by atoms with Crippen molar-refractivity contribution in [1.29, 1.82) is 0 Å². The molecule has 1 heterocycles. The molecule has 0 aliphatic heterocycles. The van der Waals surface area contributed by atoms with Crippen molar-refractivity contribution in [2.24, 2.45) is 0 Å². The quantitative estimate of drug-likeness (QED) is 0.646. The van der Waals surface area contributed by atoms with Crippen LogP contribution in [0.1, 0.15) is 34.1 Å². The van der Waals surface area contributed by atoms with Crippen LogP contribution in [0.4, 0.5) is 11.6 Å². The summed E-state index contributed by atoms with van der Waals surface area (Å²) in [6, 6.07) is 15.6. The average Bonchev–Trinajstić information content (AvgIpc) is 2.73. The van der Waals surface area contributed by atoms with E-state index in [1.807, 2.05) is 48.5 Å². The van der Waals surface area contributed by atoms with E-state index in [9.17, 15) is 4.79 Å². The molecular weight excluding hydrogens is 352 g/mol. The predicted octanol–water partition coefficient (Wildman–Crippen LogP) is 4.22. The third-order valence-electron chi connectivity index (χ3n) is 4.47. The van der Waals surface area contributed by atoms with Gasteiger partial charge >= 0.3 is 0 Å². The van der Waals surface area contributed by atoms with Crippen LogP contribution in [-0.4, -0.2) is 23.0 Å². The molecule has 0 aliphatic rings. The molecule has 0 atom stereocenters.